The normalized spacial score (nSPS) is 16.6. The molecule has 1 saturated heterocycles. The lowest BCUT2D eigenvalue weighted by atomic mass is 10.0. The Bertz CT molecular complexity index is 913. The molecule has 1 aliphatic rings. The molecule has 3 rings (SSSR count). The Morgan fingerprint density at radius 3 is 2.52 bits per heavy atom. The molecule has 0 saturated carbocycles. The number of hydrogen-bond donors (Lipinski definition) is 1. The van der Waals surface area contributed by atoms with Crippen molar-refractivity contribution in [1.29, 1.82) is 5.26 Å². The zero-order valence-electron chi connectivity index (χ0n) is 15.0. The molecule has 7 heteroatoms. The fourth-order valence-corrected chi connectivity index (χ4v) is 4.11. The maximum absolute atomic E-state index is 12.5. The molecule has 1 aromatic heterocycles. The Labute approximate surface area is 160 Å². The lowest BCUT2D eigenvalue weighted by Gasteiger charge is -2.32. The number of nitriles is 1. The van der Waals surface area contributed by atoms with Gasteiger partial charge in [0.05, 0.1) is 0 Å². The standard InChI is InChI=1S/C20H22N4O2S/c21-14-19(27(25,26)20-8-4-5-11-22-20)15-23-18-9-12-24(13-10-18)16-17-6-2-1-3-7-17/h1-8,11,15,18,23H,9-10,12-13,16H2. The molecule has 0 amide bonds. The molecule has 0 bridgehead atoms. The molecule has 27 heavy (non-hydrogen) atoms. The van der Waals surface area contributed by atoms with Crippen LogP contribution in [0.2, 0.25) is 0 Å². The quantitative estimate of drug-likeness (QED) is 0.773. The van der Waals surface area contributed by atoms with E-state index in [1.807, 2.05) is 18.2 Å². The van der Waals surface area contributed by atoms with Crippen molar-refractivity contribution in [2.24, 2.45) is 0 Å². The minimum atomic E-state index is -3.89. The lowest BCUT2D eigenvalue weighted by Crippen LogP contribution is -2.40. The first-order chi connectivity index (χ1) is 13.1. The van der Waals surface area contributed by atoms with Crippen molar-refractivity contribution in [1.82, 2.24) is 15.2 Å². The van der Waals surface area contributed by atoms with E-state index in [0.717, 1.165) is 32.5 Å². The molecular formula is C20H22N4O2S. The van der Waals surface area contributed by atoms with Crippen LogP contribution < -0.4 is 5.32 Å². The highest BCUT2D eigenvalue weighted by molar-refractivity contribution is 7.95. The topological polar surface area (TPSA) is 86.1 Å². The van der Waals surface area contributed by atoms with Crippen LogP contribution in [0.1, 0.15) is 18.4 Å². The molecule has 6 nitrogen and oxygen atoms in total. The molecule has 140 valence electrons. The van der Waals surface area contributed by atoms with Gasteiger partial charge >= 0.3 is 0 Å². The summed E-state index contributed by atoms with van der Waals surface area (Å²) in [6.45, 7) is 2.77. The first kappa shape index (κ1) is 19.1. The molecular weight excluding hydrogens is 360 g/mol. The monoisotopic (exact) mass is 382 g/mol. The molecule has 0 aliphatic carbocycles. The Balaban J connectivity index is 1.57. The Morgan fingerprint density at radius 1 is 1.19 bits per heavy atom. The number of hydrogen-bond acceptors (Lipinski definition) is 6. The van der Waals surface area contributed by atoms with E-state index in [0.29, 0.717) is 0 Å². The number of rotatable bonds is 6. The molecule has 1 aliphatic heterocycles. The molecule has 0 atom stereocenters. The number of nitrogens with one attached hydrogen (secondary N) is 1. The number of sulfone groups is 1. The van der Waals surface area contributed by atoms with Gasteiger partial charge < -0.3 is 5.32 Å². The highest BCUT2D eigenvalue weighted by atomic mass is 32.2. The predicted molar refractivity (Wildman–Crippen MR) is 103 cm³/mol. The first-order valence-electron chi connectivity index (χ1n) is 8.88. The smallest absolute Gasteiger partial charge is 0.235 e. The molecule has 2 aromatic rings. The molecule has 1 N–H and O–H groups in total. The summed E-state index contributed by atoms with van der Waals surface area (Å²) in [4.78, 5) is 5.92. The number of benzene rings is 1. The second-order valence-corrected chi connectivity index (χ2v) is 8.36. The summed E-state index contributed by atoms with van der Waals surface area (Å²) >= 11 is 0. The van der Waals surface area contributed by atoms with E-state index < -0.39 is 9.84 Å². The Kier molecular flexibility index (Phi) is 6.22. The number of likely N-dealkylation sites (tertiary alicyclic amines) is 1. The van der Waals surface area contributed by atoms with E-state index in [4.69, 9.17) is 0 Å². The van der Waals surface area contributed by atoms with E-state index in [1.165, 1.54) is 24.0 Å². The third-order valence-electron chi connectivity index (χ3n) is 4.60. The van der Waals surface area contributed by atoms with Crippen LogP contribution in [0.4, 0.5) is 0 Å². The minimum absolute atomic E-state index is 0.114. The van der Waals surface area contributed by atoms with Gasteiger partial charge in [-0.05, 0) is 30.5 Å². The van der Waals surface area contributed by atoms with Crippen LogP contribution >= 0.6 is 0 Å². The van der Waals surface area contributed by atoms with Crippen molar-refractivity contribution in [2.75, 3.05) is 13.1 Å². The van der Waals surface area contributed by atoms with Crippen LogP contribution in [0.15, 0.2) is 70.9 Å². The SMILES string of the molecule is N#CC(=CNC1CCN(Cc2ccccc2)CC1)S(=O)(=O)c1ccccn1. The van der Waals surface area contributed by atoms with Gasteiger partial charge in [-0.2, -0.15) is 5.26 Å². The van der Waals surface area contributed by atoms with Gasteiger partial charge in [0.15, 0.2) is 9.93 Å². The zero-order valence-corrected chi connectivity index (χ0v) is 15.8. The highest BCUT2D eigenvalue weighted by Gasteiger charge is 2.23. The van der Waals surface area contributed by atoms with Gasteiger partial charge in [-0.15, -0.1) is 0 Å². The molecule has 0 radical (unpaired) electrons. The summed E-state index contributed by atoms with van der Waals surface area (Å²) in [5.74, 6) is 0. The Hall–Kier alpha value is -2.69. The summed E-state index contributed by atoms with van der Waals surface area (Å²) in [5.41, 5.74) is 1.29. The zero-order chi connectivity index (χ0) is 19.1. The average Bonchev–Trinajstić information content (AvgIpc) is 2.71. The molecule has 0 spiro atoms. The van der Waals surface area contributed by atoms with E-state index in [1.54, 1.807) is 18.2 Å². The Morgan fingerprint density at radius 2 is 1.89 bits per heavy atom. The van der Waals surface area contributed by atoms with Crippen LogP contribution in [0.25, 0.3) is 0 Å². The van der Waals surface area contributed by atoms with Crippen molar-refractivity contribution < 1.29 is 8.42 Å². The summed E-state index contributed by atoms with van der Waals surface area (Å²) in [6, 6.07) is 16.9. The van der Waals surface area contributed by atoms with Gasteiger partial charge in [0.25, 0.3) is 0 Å². The van der Waals surface area contributed by atoms with Crippen LogP contribution in [0.5, 0.6) is 0 Å². The van der Waals surface area contributed by atoms with Gasteiger partial charge in [0.1, 0.15) is 6.07 Å². The van der Waals surface area contributed by atoms with Crippen molar-refractivity contribution in [3.63, 3.8) is 0 Å². The summed E-state index contributed by atoms with van der Waals surface area (Å²) in [5, 5.41) is 12.3. The summed E-state index contributed by atoms with van der Waals surface area (Å²) < 4.78 is 25.0. The van der Waals surface area contributed by atoms with Crippen LogP contribution in [0, 0.1) is 11.3 Å². The second kappa shape index (κ2) is 8.80. The van der Waals surface area contributed by atoms with Crippen molar-refractivity contribution in [2.45, 2.75) is 30.5 Å². The van der Waals surface area contributed by atoms with E-state index in [-0.39, 0.29) is 16.0 Å². The maximum atomic E-state index is 12.5. The number of aromatic nitrogens is 1. The maximum Gasteiger partial charge on any atom is 0.235 e. The number of nitrogens with zero attached hydrogens (tertiary/aromatic N) is 3. The second-order valence-electron chi connectivity index (χ2n) is 6.49. The largest absolute Gasteiger partial charge is 0.386 e. The molecule has 2 heterocycles. The minimum Gasteiger partial charge on any atom is -0.386 e. The van der Waals surface area contributed by atoms with Crippen molar-refractivity contribution in [3.8, 4) is 6.07 Å². The van der Waals surface area contributed by atoms with E-state index >= 15 is 0 Å². The van der Waals surface area contributed by atoms with Gasteiger partial charge in [-0.1, -0.05) is 36.4 Å². The fraction of sp³-hybridized carbons (Fsp3) is 0.300. The lowest BCUT2D eigenvalue weighted by molar-refractivity contribution is 0.197. The first-order valence-corrected chi connectivity index (χ1v) is 10.4. The fourth-order valence-electron chi connectivity index (χ4n) is 3.08. The molecule has 1 fully saturated rings. The third-order valence-corrected chi connectivity index (χ3v) is 6.18. The summed E-state index contributed by atoms with van der Waals surface area (Å²) in [6.07, 6.45) is 4.51. The van der Waals surface area contributed by atoms with Crippen LogP contribution in [-0.2, 0) is 16.4 Å². The number of piperidine rings is 1. The van der Waals surface area contributed by atoms with Crippen molar-refractivity contribution in [3.05, 3.63) is 71.4 Å². The van der Waals surface area contributed by atoms with Gasteiger partial charge in [0.2, 0.25) is 9.84 Å². The van der Waals surface area contributed by atoms with Gasteiger partial charge in [-0.25, -0.2) is 13.4 Å². The van der Waals surface area contributed by atoms with Crippen molar-refractivity contribution >= 4 is 9.84 Å². The van der Waals surface area contributed by atoms with E-state index in [9.17, 15) is 13.7 Å². The van der Waals surface area contributed by atoms with Gasteiger partial charge in [-0.3, -0.25) is 4.90 Å². The van der Waals surface area contributed by atoms with Crippen LogP contribution in [0.3, 0.4) is 0 Å². The predicted octanol–water partition coefficient (Wildman–Crippen LogP) is 2.47. The van der Waals surface area contributed by atoms with E-state index in [2.05, 4.69) is 27.3 Å². The average molecular weight is 382 g/mol. The molecule has 1 aromatic carbocycles. The molecule has 0 unspecified atom stereocenters. The number of pyridine rings is 1. The van der Waals surface area contributed by atoms with Gasteiger partial charge in [0, 0.05) is 38.1 Å². The third kappa shape index (κ3) is 4.94. The highest BCUT2D eigenvalue weighted by Crippen LogP contribution is 2.17. The summed E-state index contributed by atoms with van der Waals surface area (Å²) in [7, 11) is -3.89. The number of allylic oxidation sites excluding steroid dienone is 1. The van der Waals surface area contributed by atoms with Crippen LogP contribution in [-0.4, -0.2) is 37.4 Å².